The van der Waals surface area contributed by atoms with Crippen LogP contribution in [0, 0.1) is 0 Å². The minimum Gasteiger partial charge on any atom is -0.382 e. The van der Waals surface area contributed by atoms with Crippen molar-refractivity contribution in [2.45, 2.75) is 37.8 Å². The zero-order valence-corrected chi connectivity index (χ0v) is 10.5. The number of nitrogens with two attached hydrogens (primary N) is 1. The standard InChI is InChI=1S/C15H19N3/c16-12-4-2-5-13(9-12)18-15-6-1-3-11-10-17-8-7-14(11)15/h1,3,6-8,10,12-13,18H,2,4-5,9,16H2. The Morgan fingerprint density at radius 3 is 3.06 bits per heavy atom. The van der Waals surface area contributed by atoms with Crippen molar-refractivity contribution in [3.63, 3.8) is 0 Å². The fourth-order valence-electron chi connectivity index (χ4n) is 2.83. The third kappa shape index (κ3) is 2.31. The Morgan fingerprint density at radius 2 is 2.17 bits per heavy atom. The molecule has 1 fully saturated rings. The van der Waals surface area contributed by atoms with E-state index in [1.54, 1.807) is 0 Å². The summed E-state index contributed by atoms with van der Waals surface area (Å²) in [6, 6.07) is 9.25. The highest BCUT2D eigenvalue weighted by molar-refractivity contribution is 5.93. The molecule has 0 spiro atoms. The molecule has 1 aromatic carbocycles. The van der Waals surface area contributed by atoms with Crippen molar-refractivity contribution in [2.24, 2.45) is 5.73 Å². The van der Waals surface area contributed by atoms with Crippen LogP contribution in [0.4, 0.5) is 5.69 Å². The number of nitrogens with one attached hydrogen (secondary N) is 1. The number of benzene rings is 1. The van der Waals surface area contributed by atoms with Gasteiger partial charge in [0, 0.05) is 40.9 Å². The number of nitrogens with zero attached hydrogens (tertiary/aromatic N) is 1. The van der Waals surface area contributed by atoms with Gasteiger partial charge in [-0.1, -0.05) is 12.1 Å². The average molecular weight is 241 g/mol. The molecule has 1 heterocycles. The smallest absolute Gasteiger partial charge is 0.0423 e. The molecule has 3 N–H and O–H groups in total. The quantitative estimate of drug-likeness (QED) is 0.850. The molecule has 1 aliphatic rings. The highest BCUT2D eigenvalue weighted by Gasteiger charge is 2.19. The van der Waals surface area contributed by atoms with Crippen LogP contribution >= 0.6 is 0 Å². The van der Waals surface area contributed by atoms with E-state index in [9.17, 15) is 0 Å². The third-order valence-corrected chi connectivity index (χ3v) is 3.76. The lowest BCUT2D eigenvalue weighted by Crippen LogP contribution is -2.34. The van der Waals surface area contributed by atoms with Crippen LogP contribution in [0.25, 0.3) is 10.8 Å². The molecule has 2 aromatic rings. The number of pyridine rings is 1. The lowest BCUT2D eigenvalue weighted by Gasteiger charge is -2.28. The monoisotopic (exact) mass is 241 g/mol. The Morgan fingerprint density at radius 1 is 1.22 bits per heavy atom. The fraction of sp³-hybridized carbons (Fsp3) is 0.400. The number of hydrogen-bond acceptors (Lipinski definition) is 3. The van der Waals surface area contributed by atoms with Crippen LogP contribution in [-0.4, -0.2) is 17.1 Å². The predicted octanol–water partition coefficient (Wildman–Crippen LogP) is 2.92. The van der Waals surface area contributed by atoms with Crippen molar-refractivity contribution in [2.75, 3.05) is 5.32 Å². The molecule has 3 rings (SSSR count). The number of fused-ring (bicyclic) bond motifs is 1. The molecule has 0 amide bonds. The van der Waals surface area contributed by atoms with Crippen LogP contribution in [-0.2, 0) is 0 Å². The molecule has 1 saturated carbocycles. The summed E-state index contributed by atoms with van der Waals surface area (Å²) in [5.74, 6) is 0. The summed E-state index contributed by atoms with van der Waals surface area (Å²) in [7, 11) is 0. The molecule has 2 atom stereocenters. The van der Waals surface area contributed by atoms with Gasteiger partial charge in [0.1, 0.15) is 0 Å². The van der Waals surface area contributed by atoms with E-state index in [4.69, 9.17) is 5.73 Å². The van der Waals surface area contributed by atoms with E-state index >= 15 is 0 Å². The average Bonchev–Trinajstić information content (AvgIpc) is 2.39. The van der Waals surface area contributed by atoms with E-state index < -0.39 is 0 Å². The SMILES string of the molecule is NC1CCCC(Nc2cccc3cnccc23)C1. The lowest BCUT2D eigenvalue weighted by atomic mass is 9.91. The van der Waals surface area contributed by atoms with E-state index in [1.807, 2.05) is 12.4 Å². The second kappa shape index (κ2) is 4.94. The second-order valence-corrected chi connectivity index (χ2v) is 5.17. The summed E-state index contributed by atoms with van der Waals surface area (Å²) in [6.45, 7) is 0. The van der Waals surface area contributed by atoms with Gasteiger partial charge in [0.2, 0.25) is 0 Å². The first-order chi connectivity index (χ1) is 8.83. The van der Waals surface area contributed by atoms with Gasteiger partial charge in [-0.25, -0.2) is 0 Å². The summed E-state index contributed by atoms with van der Waals surface area (Å²) in [6.07, 6.45) is 8.44. The topological polar surface area (TPSA) is 50.9 Å². The van der Waals surface area contributed by atoms with Crippen LogP contribution in [0.1, 0.15) is 25.7 Å². The van der Waals surface area contributed by atoms with Crippen LogP contribution in [0.15, 0.2) is 36.7 Å². The molecule has 1 aromatic heterocycles. The Kier molecular flexibility index (Phi) is 3.15. The maximum absolute atomic E-state index is 6.04. The number of aromatic nitrogens is 1. The van der Waals surface area contributed by atoms with Crippen molar-refractivity contribution in [1.82, 2.24) is 4.98 Å². The van der Waals surface area contributed by atoms with Crippen molar-refractivity contribution in [1.29, 1.82) is 0 Å². The Balaban J connectivity index is 1.86. The minimum atomic E-state index is 0.355. The predicted molar refractivity (Wildman–Crippen MR) is 75.6 cm³/mol. The van der Waals surface area contributed by atoms with Crippen LogP contribution in [0.2, 0.25) is 0 Å². The molecule has 3 heteroatoms. The molecule has 94 valence electrons. The highest BCUT2D eigenvalue weighted by atomic mass is 14.9. The van der Waals surface area contributed by atoms with Crippen molar-refractivity contribution in [3.05, 3.63) is 36.7 Å². The third-order valence-electron chi connectivity index (χ3n) is 3.76. The van der Waals surface area contributed by atoms with Gasteiger partial charge in [-0.15, -0.1) is 0 Å². The van der Waals surface area contributed by atoms with E-state index in [0.29, 0.717) is 12.1 Å². The summed E-state index contributed by atoms with van der Waals surface area (Å²) in [5.41, 5.74) is 7.24. The Hall–Kier alpha value is -1.61. The summed E-state index contributed by atoms with van der Waals surface area (Å²) in [4.78, 5) is 4.17. The zero-order valence-electron chi connectivity index (χ0n) is 10.5. The fourth-order valence-corrected chi connectivity index (χ4v) is 2.83. The van der Waals surface area contributed by atoms with Crippen LogP contribution in [0.3, 0.4) is 0 Å². The molecule has 0 saturated heterocycles. The maximum Gasteiger partial charge on any atom is 0.0423 e. The van der Waals surface area contributed by atoms with Gasteiger partial charge >= 0.3 is 0 Å². The first-order valence-corrected chi connectivity index (χ1v) is 6.68. The summed E-state index contributed by atoms with van der Waals surface area (Å²) < 4.78 is 0. The highest BCUT2D eigenvalue weighted by Crippen LogP contribution is 2.26. The van der Waals surface area contributed by atoms with Crippen molar-refractivity contribution in [3.8, 4) is 0 Å². The van der Waals surface area contributed by atoms with Gasteiger partial charge < -0.3 is 11.1 Å². The summed E-state index contributed by atoms with van der Waals surface area (Å²) in [5, 5.41) is 6.07. The van der Waals surface area contributed by atoms with Gasteiger partial charge in [-0.05, 0) is 37.8 Å². The largest absolute Gasteiger partial charge is 0.382 e. The molecular weight excluding hydrogens is 222 g/mol. The molecular formula is C15H19N3. The number of anilines is 1. The minimum absolute atomic E-state index is 0.355. The van der Waals surface area contributed by atoms with E-state index in [-0.39, 0.29) is 0 Å². The van der Waals surface area contributed by atoms with E-state index in [1.165, 1.54) is 29.3 Å². The Labute approximate surface area is 107 Å². The first-order valence-electron chi connectivity index (χ1n) is 6.68. The lowest BCUT2D eigenvalue weighted by molar-refractivity contribution is 0.410. The second-order valence-electron chi connectivity index (χ2n) is 5.17. The normalized spacial score (nSPS) is 24.1. The summed E-state index contributed by atoms with van der Waals surface area (Å²) >= 11 is 0. The maximum atomic E-state index is 6.04. The molecule has 3 nitrogen and oxygen atoms in total. The molecule has 18 heavy (non-hydrogen) atoms. The molecule has 2 unspecified atom stereocenters. The molecule has 0 radical (unpaired) electrons. The van der Waals surface area contributed by atoms with Crippen molar-refractivity contribution >= 4 is 16.5 Å². The molecule has 1 aliphatic carbocycles. The van der Waals surface area contributed by atoms with E-state index in [2.05, 4.69) is 34.6 Å². The van der Waals surface area contributed by atoms with Crippen LogP contribution < -0.4 is 11.1 Å². The van der Waals surface area contributed by atoms with Gasteiger partial charge in [-0.2, -0.15) is 0 Å². The van der Waals surface area contributed by atoms with Gasteiger partial charge in [-0.3, -0.25) is 4.98 Å². The van der Waals surface area contributed by atoms with Crippen LogP contribution in [0.5, 0.6) is 0 Å². The molecule has 0 bridgehead atoms. The number of hydrogen-bond donors (Lipinski definition) is 2. The molecule has 0 aliphatic heterocycles. The zero-order chi connectivity index (χ0) is 12.4. The first kappa shape index (κ1) is 11.5. The van der Waals surface area contributed by atoms with Gasteiger partial charge in [0.25, 0.3) is 0 Å². The number of rotatable bonds is 2. The Bertz CT molecular complexity index is 533. The van der Waals surface area contributed by atoms with Gasteiger partial charge in [0.15, 0.2) is 0 Å². The van der Waals surface area contributed by atoms with Gasteiger partial charge in [0.05, 0.1) is 0 Å². The van der Waals surface area contributed by atoms with Crippen molar-refractivity contribution < 1.29 is 0 Å². The van der Waals surface area contributed by atoms with E-state index in [0.717, 1.165) is 12.8 Å².